The van der Waals surface area contributed by atoms with Gasteiger partial charge in [-0.15, -0.1) is 0 Å². The predicted molar refractivity (Wildman–Crippen MR) is 66.2 cm³/mol. The van der Waals surface area contributed by atoms with E-state index in [1.54, 1.807) is 0 Å². The van der Waals surface area contributed by atoms with Gasteiger partial charge in [-0.3, -0.25) is 0 Å². The molecule has 0 bridgehead atoms. The quantitative estimate of drug-likeness (QED) is 0.562. The Morgan fingerprint density at radius 3 is 2.79 bits per heavy atom. The highest BCUT2D eigenvalue weighted by atomic mass is 32.9. The minimum absolute atomic E-state index is 0.504. The zero-order valence-electron chi connectivity index (χ0n) is 8.44. The van der Waals surface area contributed by atoms with Crippen LogP contribution in [-0.2, 0) is 16.3 Å². The highest BCUT2D eigenvalue weighted by Crippen LogP contribution is 2.60. The minimum Gasteiger partial charge on any atom is -0.337 e. The molecule has 0 saturated heterocycles. The van der Waals surface area contributed by atoms with E-state index in [2.05, 4.69) is 5.32 Å². The van der Waals surface area contributed by atoms with Crippen molar-refractivity contribution in [2.75, 3.05) is 20.2 Å². The molecule has 1 aliphatic rings. The van der Waals surface area contributed by atoms with Crippen LogP contribution in [0.5, 0.6) is 0 Å². The highest BCUT2D eigenvalue weighted by Gasteiger charge is 2.24. The van der Waals surface area contributed by atoms with Gasteiger partial charge in [0.15, 0.2) is 0 Å². The van der Waals surface area contributed by atoms with Crippen molar-refractivity contribution in [1.82, 2.24) is 5.32 Å². The summed E-state index contributed by atoms with van der Waals surface area (Å²) in [5, 5.41) is 3.49. The zero-order valence-corrected chi connectivity index (χ0v) is 11.0. The molecule has 84 valence electrons. The van der Waals surface area contributed by atoms with Gasteiger partial charge in [-0.25, -0.2) is 0 Å². The van der Waals surface area contributed by atoms with Crippen LogP contribution in [0.25, 0.3) is 0 Å². The molecule has 1 saturated carbocycles. The summed E-state index contributed by atoms with van der Waals surface area (Å²) in [7, 11) is 1.86. The molecule has 6 heteroatoms. The van der Waals surface area contributed by atoms with Crippen LogP contribution in [0, 0.1) is 0 Å². The van der Waals surface area contributed by atoms with Gasteiger partial charge in [-0.2, -0.15) is 0 Å². The molecule has 0 spiro atoms. The monoisotopic (exact) mass is 255 g/mol. The Kier molecular flexibility index (Phi) is 5.97. The number of likely N-dealkylation sites (N-methyl/N-ethyl adjacent to an activating group) is 1. The Bertz CT molecular complexity index is 210. The summed E-state index contributed by atoms with van der Waals surface area (Å²) >= 11 is 6.56. The van der Waals surface area contributed by atoms with Crippen LogP contribution in [0.1, 0.15) is 25.7 Å². The van der Waals surface area contributed by atoms with Crippen molar-refractivity contribution in [3.8, 4) is 0 Å². The third kappa shape index (κ3) is 5.10. The van der Waals surface area contributed by atoms with E-state index in [-0.39, 0.29) is 0 Å². The molecule has 0 aromatic carbocycles. The summed E-state index contributed by atoms with van der Waals surface area (Å²) in [6.07, 6.45) is 4.89. The third-order valence-corrected chi connectivity index (χ3v) is 6.84. The number of hydrogen-bond acceptors (Lipinski definition) is 4. The first kappa shape index (κ1) is 12.9. The van der Waals surface area contributed by atoms with E-state index in [1.165, 1.54) is 37.1 Å². The fourth-order valence-electron chi connectivity index (χ4n) is 1.48. The van der Waals surface area contributed by atoms with Gasteiger partial charge in [0, 0.05) is 11.8 Å². The lowest BCUT2D eigenvalue weighted by Gasteiger charge is -2.18. The van der Waals surface area contributed by atoms with E-state index in [9.17, 15) is 4.89 Å². The lowest BCUT2D eigenvalue weighted by molar-refractivity contribution is 0.320. The number of nitrogens with one attached hydrogen (secondary N) is 1. The SMILES string of the molecule is CNCCOP(O)(=S)SC1CCCC1. The topological polar surface area (TPSA) is 41.5 Å². The van der Waals surface area contributed by atoms with Crippen molar-refractivity contribution in [3.05, 3.63) is 0 Å². The Hall–Kier alpha value is 0.880. The van der Waals surface area contributed by atoms with Gasteiger partial charge in [0.1, 0.15) is 0 Å². The van der Waals surface area contributed by atoms with Crippen LogP contribution in [0.15, 0.2) is 0 Å². The molecule has 1 fully saturated rings. The molecule has 1 atom stereocenters. The predicted octanol–water partition coefficient (Wildman–Crippen LogP) is 2.11. The van der Waals surface area contributed by atoms with Crippen molar-refractivity contribution < 1.29 is 9.42 Å². The van der Waals surface area contributed by atoms with Crippen LogP contribution >= 0.6 is 17.1 Å². The summed E-state index contributed by atoms with van der Waals surface area (Å²) in [5.41, 5.74) is -2.56. The maximum atomic E-state index is 9.84. The van der Waals surface area contributed by atoms with Crippen molar-refractivity contribution in [3.63, 3.8) is 0 Å². The number of rotatable bonds is 6. The highest BCUT2D eigenvalue weighted by molar-refractivity contribution is 8.67. The summed E-state index contributed by atoms with van der Waals surface area (Å²) < 4.78 is 5.31. The maximum absolute atomic E-state index is 9.84. The maximum Gasteiger partial charge on any atom is 0.245 e. The average molecular weight is 255 g/mol. The van der Waals surface area contributed by atoms with Crippen LogP contribution in [-0.4, -0.2) is 30.3 Å². The smallest absolute Gasteiger partial charge is 0.245 e. The van der Waals surface area contributed by atoms with Crippen molar-refractivity contribution in [2.24, 2.45) is 0 Å². The van der Waals surface area contributed by atoms with Crippen LogP contribution < -0.4 is 5.32 Å². The summed E-state index contributed by atoms with van der Waals surface area (Å²) in [6, 6.07) is 0. The van der Waals surface area contributed by atoms with Gasteiger partial charge in [0.25, 0.3) is 0 Å². The molecule has 0 aromatic heterocycles. The van der Waals surface area contributed by atoms with E-state index < -0.39 is 5.69 Å². The normalized spacial score (nSPS) is 22.4. The Morgan fingerprint density at radius 1 is 1.57 bits per heavy atom. The summed E-state index contributed by atoms with van der Waals surface area (Å²) in [6.45, 7) is 1.24. The molecule has 3 nitrogen and oxygen atoms in total. The molecule has 0 heterocycles. The zero-order chi connectivity index (χ0) is 10.4. The molecular weight excluding hydrogens is 237 g/mol. The van der Waals surface area contributed by atoms with Crippen molar-refractivity contribution in [1.29, 1.82) is 0 Å². The molecule has 0 aromatic rings. The van der Waals surface area contributed by atoms with Gasteiger partial charge < -0.3 is 14.7 Å². The fourth-order valence-corrected chi connectivity index (χ4v) is 6.27. The molecule has 2 N–H and O–H groups in total. The van der Waals surface area contributed by atoms with Crippen LogP contribution in [0.3, 0.4) is 0 Å². The van der Waals surface area contributed by atoms with Gasteiger partial charge in [0.05, 0.1) is 6.61 Å². The minimum atomic E-state index is -2.56. The van der Waals surface area contributed by atoms with Crippen LogP contribution in [0.2, 0.25) is 0 Å². The van der Waals surface area contributed by atoms with Crippen molar-refractivity contribution >= 4 is 28.9 Å². The fraction of sp³-hybridized carbons (Fsp3) is 1.00. The summed E-state index contributed by atoms with van der Waals surface area (Å²) in [5.74, 6) is 0. The van der Waals surface area contributed by atoms with Gasteiger partial charge in [-0.1, -0.05) is 24.2 Å². The molecule has 1 unspecified atom stereocenters. The van der Waals surface area contributed by atoms with Gasteiger partial charge >= 0.3 is 0 Å². The largest absolute Gasteiger partial charge is 0.337 e. The van der Waals surface area contributed by atoms with E-state index in [0.717, 1.165) is 6.54 Å². The lowest BCUT2D eigenvalue weighted by Crippen LogP contribution is -2.13. The average Bonchev–Trinajstić information content (AvgIpc) is 2.56. The molecule has 0 amide bonds. The van der Waals surface area contributed by atoms with E-state index in [1.807, 2.05) is 7.05 Å². The van der Waals surface area contributed by atoms with Crippen LogP contribution in [0.4, 0.5) is 0 Å². The van der Waals surface area contributed by atoms with Gasteiger partial charge in [-0.05, 0) is 31.7 Å². The first-order valence-electron chi connectivity index (χ1n) is 4.94. The Morgan fingerprint density at radius 2 is 2.21 bits per heavy atom. The molecule has 0 aliphatic heterocycles. The van der Waals surface area contributed by atoms with Gasteiger partial charge in [0.2, 0.25) is 5.69 Å². The standard InChI is InChI=1S/C8H18NO2PS2/c1-9-6-7-11-12(10,13)14-8-4-2-3-5-8/h8-9H,2-7H2,1H3,(H,10,13). The molecule has 14 heavy (non-hydrogen) atoms. The second-order valence-corrected chi connectivity index (χ2v) is 9.79. The van der Waals surface area contributed by atoms with E-state index in [4.69, 9.17) is 16.3 Å². The molecule has 0 radical (unpaired) electrons. The van der Waals surface area contributed by atoms with Crippen molar-refractivity contribution in [2.45, 2.75) is 30.9 Å². The second kappa shape index (κ2) is 6.46. The first-order valence-corrected chi connectivity index (χ1v) is 9.10. The van der Waals surface area contributed by atoms with E-state index in [0.29, 0.717) is 11.9 Å². The molecule has 1 rings (SSSR count). The Balaban J connectivity index is 2.22. The first-order chi connectivity index (χ1) is 6.64. The van der Waals surface area contributed by atoms with E-state index >= 15 is 0 Å². The number of hydrogen-bond donors (Lipinski definition) is 2. The second-order valence-electron chi connectivity index (χ2n) is 3.42. The molecular formula is C8H18NO2PS2. The lowest BCUT2D eigenvalue weighted by atomic mass is 10.4. The summed E-state index contributed by atoms with van der Waals surface area (Å²) in [4.78, 5) is 9.84. The third-order valence-electron chi connectivity index (χ3n) is 2.19. The molecule has 1 aliphatic carbocycles. The Labute approximate surface area is 94.9 Å².